The summed E-state index contributed by atoms with van der Waals surface area (Å²) in [5.74, 6) is 0.837. The van der Waals surface area contributed by atoms with Crippen molar-refractivity contribution in [2.75, 3.05) is 26.3 Å². The lowest BCUT2D eigenvalue weighted by molar-refractivity contribution is 0.141. The summed E-state index contributed by atoms with van der Waals surface area (Å²) in [6.07, 6.45) is 5.29. The molecule has 1 rings (SSSR count). The molecule has 1 heterocycles. The molecule has 0 aromatic rings. The maximum absolute atomic E-state index is 5.58. The van der Waals surface area contributed by atoms with Crippen LogP contribution in [0.25, 0.3) is 0 Å². The van der Waals surface area contributed by atoms with Crippen LogP contribution in [0, 0.1) is 11.3 Å². The molecule has 0 saturated carbocycles. The van der Waals surface area contributed by atoms with Crippen LogP contribution < -0.4 is 5.32 Å². The van der Waals surface area contributed by atoms with Gasteiger partial charge in [0.05, 0.1) is 6.61 Å². The van der Waals surface area contributed by atoms with Crippen LogP contribution in [0.15, 0.2) is 0 Å². The second kappa shape index (κ2) is 6.49. The summed E-state index contributed by atoms with van der Waals surface area (Å²) in [6.45, 7) is 10.9. The molecule has 90 valence electrons. The highest BCUT2D eigenvalue weighted by molar-refractivity contribution is 4.85. The summed E-state index contributed by atoms with van der Waals surface area (Å²) in [5, 5.41) is 3.49. The minimum Gasteiger partial charge on any atom is -0.381 e. The molecular formula is C13H27NO. The summed E-state index contributed by atoms with van der Waals surface area (Å²) in [6, 6.07) is 0. The molecule has 0 aliphatic carbocycles. The largest absolute Gasteiger partial charge is 0.381 e. The van der Waals surface area contributed by atoms with Gasteiger partial charge in [-0.1, -0.05) is 33.6 Å². The zero-order valence-electron chi connectivity index (χ0n) is 10.6. The van der Waals surface area contributed by atoms with Gasteiger partial charge in [-0.3, -0.25) is 0 Å². The topological polar surface area (TPSA) is 21.3 Å². The maximum Gasteiger partial charge on any atom is 0.0535 e. The second-order valence-electron chi connectivity index (χ2n) is 5.37. The summed E-state index contributed by atoms with van der Waals surface area (Å²) < 4.78 is 5.58. The highest BCUT2D eigenvalue weighted by atomic mass is 16.5. The third-order valence-electron chi connectivity index (χ3n) is 3.42. The van der Waals surface area contributed by atoms with Gasteiger partial charge in [0.15, 0.2) is 0 Å². The number of nitrogens with one attached hydrogen (secondary N) is 1. The van der Waals surface area contributed by atoms with Gasteiger partial charge < -0.3 is 10.1 Å². The zero-order valence-corrected chi connectivity index (χ0v) is 10.6. The third-order valence-corrected chi connectivity index (χ3v) is 3.42. The quantitative estimate of drug-likeness (QED) is 0.702. The van der Waals surface area contributed by atoms with E-state index >= 15 is 0 Å². The summed E-state index contributed by atoms with van der Waals surface area (Å²) in [4.78, 5) is 0. The van der Waals surface area contributed by atoms with E-state index in [9.17, 15) is 0 Å². The molecule has 2 nitrogen and oxygen atoms in total. The van der Waals surface area contributed by atoms with Gasteiger partial charge in [0.1, 0.15) is 0 Å². The first kappa shape index (κ1) is 13.0. The van der Waals surface area contributed by atoms with Gasteiger partial charge in [0.2, 0.25) is 0 Å². The molecule has 1 unspecified atom stereocenters. The van der Waals surface area contributed by atoms with Gasteiger partial charge >= 0.3 is 0 Å². The Bertz CT molecular complexity index is 162. The van der Waals surface area contributed by atoms with E-state index < -0.39 is 0 Å². The van der Waals surface area contributed by atoms with Gasteiger partial charge in [0.25, 0.3) is 0 Å². The first-order valence-electron chi connectivity index (χ1n) is 6.47. The average molecular weight is 213 g/mol. The Balaban J connectivity index is 2.29. The van der Waals surface area contributed by atoms with Crippen molar-refractivity contribution in [1.29, 1.82) is 0 Å². The monoisotopic (exact) mass is 213 g/mol. The van der Waals surface area contributed by atoms with Crippen LogP contribution in [-0.2, 0) is 4.74 Å². The number of hydrogen-bond acceptors (Lipinski definition) is 2. The molecule has 0 spiro atoms. The molecule has 0 aromatic carbocycles. The maximum atomic E-state index is 5.58. The minimum atomic E-state index is 0.449. The first-order chi connectivity index (χ1) is 7.18. The lowest BCUT2D eigenvalue weighted by Crippen LogP contribution is -2.34. The third kappa shape index (κ3) is 4.52. The molecule has 1 fully saturated rings. The molecule has 0 aromatic heterocycles. The van der Waals surface area contributed by atoms with E-state index in [0.29, 0.717) is 5.41 Å². The normalized spacial score (nSPS) is 26.4. The molecule has 1 atom stereocenters. The van der Waals surface area contributed by atoms with Crippen molar-refractivity contribution in [2.45, 2.75) is 46.5 Å². The molecule has 0 radical (unpaired) electrons. The molecule has 0 bridgehead atoms. The Kier molecular flexibility index (Phi) is 5.62. The summed E-state index contributed by atoms with van der Waals surface area (Å²) >= 11 is 0. The van der Waals surface area contributed by atoms with Crippen molar-refractivity contribution in [2.24, 2.45) is 11.3 Å². The average Bonchev–Trinajstić information content (AvgIpc) is 2.64. The number of rotatable bonds is 7. The van der Waals surface area contributed by atoms with Gasteiger partial charge in [0, 0.05) is 18.6 Å². The summed E-state index contributed by atoms with van der Waals surface area (Å²) in [7, 11) is 0. The predicted octanol–water partition coefficient (Wildman–Crippen LogP) is 2.83. The van der Waals surface area contributed by atoms with Crippen LogP contribution >= 0.6 is 0 Å². The molecule has 1 N–H and O–H groups in total. The Morgan fingerprint density at radius 2 is 2.20 bits per heavy atom. The first-order valence-corrected chi connectivity index (χ1v) is 6.47. The van der Waals surface area contributed by atoms with Crippen LogP contribution in [0.4, 0.5) is 0 Å². The number of ether oxygens (including phenoxy) is 1. The fraction of sp³-hybridized carbons (Fsp3) is 1.00. The Hall–Kier alpha value is -0.0800. The lowest BCUT2D eigenvalue weighted by atomic mass is 9.81. The molecule has 1 aliphatic heterocycles. The molecule has 1 aliphatic rings. The van der Waals surface area contributed by atoms with Crippen LogP contribution in [0.2, 0.25) is 0 Å². The van der Waals surface area contributed by atoms with E-state index in [1.807, 2.05) is 0 Å². The van der Waals surface area contributed by atoms with Crippen LogP contribution in [0.1, 0.15) is 46.5 Å². The Morgan fingerprint density at radius 3 is 2.73 bits per heavy atom. The highest BCUT2D eigenvalue weighted by Crippen LogP contribution is 2.34. The van der Waals surface area contributed by atoms with E-state index in [0.717, 1.165) is 32.2 Å². The fourth-order valence-electron chi connectivity index (χ4n) is 2.35. The van der Waals surface area contributed by atoms with Crippen molar-refractivity contribution < 1.29 is 4.74 Å². The molecule has 1 saturated heterocycles. The smallest absolute Gasteiger partial charge is 0.0535 e. The fourth-order valence-corrected chi connectivity index (χ4v) is 2.35. The van der Waals surface area contributed by atoms with E-state index in [4.69, 9.17) is 4.74 Å². The predicted molar refractivity (Wildman–Crippen MR) is 65.1 cm³/mol. The lowest BCUT2D eigenvalue weighted by Gasteiger charge is -2.28. The van der Waals surface area contributed by atoms with Crippen molar-refractivity contribution in [3.8, 4) is 0 Å². The van der Waals surface area contributed by atoms with Gasteiger partial charge in [-0.15, -0.1) is 0 Å². The van der Waals surface area contributed by atoms with E-state index in [2.05, 4.69) is 26.1 Å². The Labute approximate surface area is 94.8 Å². The SMILES string of the molecule is CCNCC1(CCCC(C)C)CCOC1. The molecular weight excluding hydrogens is 186 g/mol. The summed E-state index contributed by atoms with van der Waals surface area (Å²) in [5.41, 5.74) is 0.449. The standard InChI is InChI=1S/C13H27NO/c1-4-14-10-13(8-9-15-11-13)7-5-6-12(2)3/h12,14H,4-11H2,1-3H3. The van der Waals surface area contributed by atoms with Crippen LogP contribution in [0.5, 0.6) is 0 Å². The van der Waals surface area contributed by atoms with E-state index in [1.165, 1.54) is 25.7 Å². The molecule has 15 heavy (non-hydrogen) atoms. The van der Waals surface area contributed by atoms with Gasteiger partial charge in [-0.05, 0) is 25.3 Å². The van der Waals surface area contributed by atoms with Crippen molar-refractivity contribution in [3.05, 3.63) is 0 Å². The minimum absolute atomic E-state index is 0.449. The van der Waals surface area contributed by atoms with Crippen LogP contribution in [0.3, 0.4) is 0 Å². The number of hydrogen-bond donors (Lipinski definition) is 1. The van der Waals surface area contributed by atoms with Crippen molar-refractivity contribution >= 4 is 0 Å². The molecule has 2 heteroatoms. The van der Waals surface area contributed by atoms with Crippen molar-refractivity contribution in [1.82, 2.24) is 5.32 Å². The van der Waals surface area contributed by atoms with Gasteiger partial charge in [-0.2, -0.15) is 0 Å². The van der Waals surface area contributed by atoms with Gasteiger partial charge in [-0.25, -0.2) is 0 Å². The Morgan fingerprint density at radius 1 is 1.40 bits per heavy atom. The van der Waals surface area contributed by atoms with Crippen molar-refractivity contribution in [3.63, 3.8) is 0 Å². The van der Waals surface area contributed by atoms with E-state index in [-0.39, 0.29) is 0 Å². The highest BCUT2D eigenvalue weighted by Gasteiger charge is 2.33. The van der Waals surface area contributed by atoms with E-state index in [1.54, 1.807) is 0 Å². The molecule has 0 amide bonds. The zero-order chi connectivity index (χ0) is 11.1. The van der Waals surface area contributed by atoms with Crippen LogP contribution in [-0.4, -0.2) is 26.3 Å². The second-order valence-corrected chi connectivity index (χ2v) is 5.37.